The number of amides is 1. The van der Waals surface area contributed by atoms with Gasteiger partial charge in [-0.3, -0.25) is 9.89 Å². The number of hydrogen-bond donors (Lipinski definition) is 2. The third kappa shape index (κ3) is 3.60. The number of nitrogens with two attached hydrogens (primary N) is 1. The van der Waals surface area contributed by atoms with Crippen LogP contribution in [-0.4, -0.2) is 44.1 Å². The minimum Gasteiger partial charge on any atom is -0.367 e. The second kappa shape index (κ2) is 7.25. The first-order valence-electron chi connectivity index (χ1n) is 8.64. The topological polar surface area (TPSA) is 101 Å². The lowest BCUT2D eigenvalue weighted by Gasteiger charge is -2.30. The highest BCUT2D eigenvalue weighted by atomic mass is 32.1. The first-order chi connectivity index (χ1) is 12.7. The van der Waals surface area contributed by atoms with Gasteiger partial charge in [0.15, 0.2) is 0 Å². The fourth-order valence-electron chi connectivity index (χ4n) is 3.24. The smallest absolute Gasteiger partial charge is 0.239 e. The van der Waals surface area contributed by atoms with Gasteiger partial charge in [0, 0.05) is 30.0 Å². The fraction of sp³-hybridized carbons (Fsp3) is 0.333. The second-order valence-corrected chi connectivity index (χ2v) is 7.28. The van der Waals surface area contributed by atoms with Gasteiger partial charge in [-0.1, -0.05) is 30.3 Å². The number of aromatic amines is 1. The minimum atomic E-state index is 0.130. The van der Waals surface area contributed by atoms with Crippen LogP contribution in [0.3, 0.4) is 0 Å². The minimum absolute atomic E-state index is 0.130. The number of nitrogen functional groups attached to an aromatic ring is 1. The van der Waals surface area contributed by atoms with Gasteiger partial charge in [0.05, 0.1) is 12.1 Å². The van der Waals surface area contributed by atoms with Gasteiger partial charge >= 0.3 is 0 Å². The van der Waals surface area contributed by atoms with Crippen LogP contribution in [0.15, 0.2) is 35.7 Å². The molecule has 4 rings (SSSR count). The van der Waals surface area contributed by atoms with Crippen molar-refractivity contribution in [3.8, 4) is 10.6 Å². The number of benzene rings is 1. The standard InChI is InChI=1S/C18H20N6OS/c19-18-21-16(22-23-18)12-6-8-24(9-7-12)15(25)10-14-11-26-17(20-14)13-4-2-1-3-5-13/h1-5,11-12H,6-10H2,(H3,19,21,22,23). The molecule has 8 heteroatoms. The maximum absolute atomic E-state index is 12.6. The lowest BCUT2D eigenvalue weighted by Crippen LogP contribution is -2.39. The normalized spacial score (nSPS) is 15.3. The first kappa shape index (κ1) is 16.7. The van der Waals surface area contributed by atoms with Crippen molar-refractivity contribution in [1.82, 2.24) is 25.1 Å². The zero-order valence-electron chi connectivity index (χ0n) is 14.3. The Labute approximate surface area is 155 Å². The van der Waals surface area contributed by atoms with Crippen molar-refractivity contribution in [2.75, 3.05) is 18.8 Å². The molecule has 1 aromatic carbocycles. The Hall–Kier alpha value is -2.74. The van der Waals surface area contributed by atoms with Crippen molar-refractivity contribution in [3.63, 3.8) is 0 Å². The number of anilines is 1. The van der Waals surface area contributed by atoms with E-state index in [1.807, 2.05) is 40.6 Å². The average molecular weight is 368 g/mol. The zero-order chi connectivity index (χ0) is 17.9. The monoisotopic (exact) mass is 368 g/mol. The molecule has 0 spiro atoms. The third-order valence-corrected chi connectivity index (χ3v) is 5.60. The SMILES string of the molecule is Nc1n[nH]c(C2CCN(C(=O)Cc3csc(-c4ccccc4)n3)CC2)n1. The lowest BCUT2D eigenvalue weighted by molar-refractivity contribution is -0.131. The van der Waals surface area contributed by atoms with Crippen molar-refractivity contribution in [3.05, 3.63) is 47.2 Å². The molecule has 0 unspecified atom stereocenters. The summed E-state index contributed by atoms with van der Waals surface area (Å²) in [6, 6.07) is 10.0. The molecule has 1 saturated heterocycles. The molecule has 1 fully saturated rings. The zero-order valence-corrected chi connectivity index (χ0v) is 15.1. The number of H-pyrrole nitrogens is 1. The van der Waals surface area contributed by atoms with E-state index in [1.165, 1.54) is 0 Å². The van der Waals surface area contributed by atoms with E-state index in [2.05, 4.69) is 20.2 Å². The van der Waals surface area contributed by atoms with Gasteiger partial charge in [0.25, 0.3) is 0 Å². The molecule has 1 aliphatic rings. The van der Waals surface area contributed by atoms with Crippen LogP contribution in [0.25, 0.3) is 10.6 Å². The Morgan fingerprint density at radius 3 is 2.69 bits per heavy atom. The van der Waals surface area contributed by atoms with E-state index in [1.54, 1.807) is 11.3 Å². The lowest BCUT2D eigenvalue weighted by atomic mass is 9.96. The van der Waals surface area contributed by atoms with Crippen LogP contribution in [0.2, 0.25) is 0 Å². The Kier molecular flexibility index (Phi) is 4.66. The number of nitrogens with one attached hydrogen (secondary N) is 1. The van der Waals surface area contributed by atoms with Crippen LogP contribution in [0.1, 0.15) is 30.3 Å². The molecule has 7 nitrogen and oxygen atoms in total. The molecule has 26 heavy (non-hydrogen) atoms. The van der Waals surface area contributed by atoms with Crippen LogP contribution in [0, 0.1) is 0 Å². The molecule has 0 aliphatic carbocycles. The predicted octanol–water partition coefficient (Wildman–Crippen LogP) is 2.46. The van der Waals surface area contributed by atoms with E-state index in [0.29, 0.717) is 6.42 Å². The van der Waals surface area contributed by atoms with Gasteiger partial charge in [-0.2, -0.15) is 4.98 Å². The number of likely N-dealkylation sites (tertiary alicyclic amines) is 1. The van der Waals surface area contributed by atoms with Crippen LogP contribution in [0.5, 0.6) is 0 Å². The van der Waals surface area contributed by atoms with Gasteiger partial charge in [-0.15, -0.1) is 16.4 Å². The fourth-order valence-corrected chi connectivity index (χ4v) is 4.07. The number of hydrogen-bond acceptors (Lipinski definition) is 6. The van der Waals surface area contributed by atoms with Gasteiger partial charge in [0.2, 0.25) is 11.9 Å². The second-order valence-electron chi connectivity index (χ2n) is 6.42. The molecule has 1 amide bonds. The van der Waals surface area contributed by atoms with Gasteiger partial charge < -0.3 is 10.6 Å². The number of nitrogens with zero attached hydrogens (tertiary/aromatic N) is 4. The summed E-state index contributed by atoms with van der Waals surface area (Å²) in [4.78, 5) is 23.3. The largest absolute Gasteiger partial charge is 0.367 e. The number of aromatic nitrogens is 4. The van der Waals surface area contributed by atoms with Crippen LogP contribution < -0.4 is 5.73 Å². The quantitative estimate of drug-likeness (QED) is 0.737. The highest BCUT2D eigenvalue weighted by Gasteiger charge is 2.26. The Balaban J connectivity index is 1.34. The van der Waals surface area contributed by atoms with Crippen molar-refractivity contribution in [1.29, 1.82) is 0 Å². The highest BCUT2D eigenvalue weighted by molar-refractivity contribution is 7.13. The Morgan fingerprint density at radius 2 is 2.00 bits per heavy atom. The summed E-state index contributed by atoms with van der Waals surface area (Å²) in [5, 5.41) is 9.69. The molecule has 3 N–H and O–H groups in total. The van der Waals surface area contributed by atoms with Crippen molar-refractivity contribution in [2.24, 2.45) is 0 Å². The molecule has 0 radical (unpaired) electrons. The summed E-state index contributed by atoms with van der Waals surface area (Å²) in [5.74, 6) is 1.51. The van der Waals surface area contributed by atoms with Gasteiger partial charge in [-0.05, 0) is 12.8 Å². The maximum atomic E-state index is 12.6. The van der Waals surface area contributed by atoms with Gasteiger partial charge in [0.1, 0.15) is 10.8 Å². The summed E-state index contributed by atoms with van der Waals surface area (Å²) in [6.07, 6.45) is 2.09. The Bertz CT molecular complexity index is 882. The van der Waals surface area contributed by atoms with Gasteiger partial charge in [-0.25, -0.2) is 4.98 Å². The van der Waals surface area contributed by atoms with E-state index in [0.717, 1.165) is 48.0 Å². The molecule has 3 aromatic rings. The molecular formula is C18H20N6OS. The third-order valence-electron chi connectivity index (χ3n) is 4.66. The van der Waals surface area contributed by atoms with Crippen LogP contribution in [0.4, 0.5) is 5.95 Å². The molecular weight excluding hydrogens is 348 g/mol. The van der Waals surface area contributed by atoms with Crippen molar-refractivity contribution in [2.45, 2.75) is 25.2 Å². The molecule has 3 heterocycles. The molecule has 1 aliphatic heterocycles. The van der Waals surface area contributed by atoms with E-state index >= 15 is 0 Å². The van der Waals surface area contributed by atoms with E-state index in [-0.39, 0.29) is 17.8 Å². The number of carbonyl (C=O) groups excluding carboxylic acids is 1. The van der Waals surface area contributed by atoms with Crippen LogP contribution >= 0.6 is 11.3 Å². The van der Waals surface area contributed by atoms with E-state index in [9.17, 15) is 4.79 Å². The molecule has 0 saturated carbocycles. The summed E-state index contributed by atoms with van der Waals surface area (Å²) in [6.45, 7) is 1.44. The molecule has 134 valence electrons. The maximum Gasteiger partial charge on any atom is 0.239 e. The number of rotatable bonds is 4. The number of thiazole rings is 1. The summed E-state index contributed by atoms with van der Waals surface area (Å²) in [7, 11) is 0. The van der Waals surface area contributed by atoms with Crippen LogP contribution in [-0.2, 0) is 11.2 Å². The first-order valence-corrected chi connectivity index (χ1v) is 9.52. The summed E-state index contributed by atoms with van der Waals surface area (Å²) in [5.41, 5.74) is 7.49. The molecule has 0 bridgehead atoms. The Morgan fingerprint density at radius 1 is 1.23 bits per heavy atom. The number of carbonyl (C=O) groups is 1. The predicted molar refractivity (Wildman–Crippen MR) is 101 cm³/mol. The average Bonchev–Trinajstić information content (AvgIpc) is 3.32. The van der Waals surface area contributed by atoms with Crippen molar-refractivity contribution < 1.29 is 4.79 Å². The summed E-state index contributed by atoms with van der Waals surface area (Å²) < 4.78 is 0. The highest BCUT2D eigenvalue weighted by Crippen LogP contribution is 2.27. The molecule has 2 aromatic heterocycles. The van der Waals surface area contributed by atoms with Crippen molar-refractivity contribution >= 4 is 23.2 Å². The van der Waals surface area contributed by atoms with E-state index in [4.69, 9.17) is 5.73 Å². The summed E-state index contributed by atoms with van der Waals surface area (Å²) >= 11 is 1.58. The van der Waals surface area contributed by atoms with E-state index < -0.39 is 0 Å². The molecule has 0 atom stereocenters. The number of piperidine rings is 1.